The number of rotatable bonds is 5. The van der Waals surface area contributed by atoms with Crippen molar-refractivity contribution in [3.63, 3.8) is 0 Å². The lowest BCUT2D eigenvalue weighted by Crippen LogP contribution is -2.11. The maximum atomic E-state index is 11.4. The lowest BCUT2D eigenvalue weighted by molar-refractivity contribution is -0.133. The van der Waals surface area contributed by atoms with Gasteiger partial charge in [0.1, 0.15) is 11.5 Å². The average Bonchev–Trinajstić information content (AvgIpc) is 2.43. The number of aliphatic carboxylic acids is 1. The van der Waals surface area contributed by atoms with E-state index in [0.29, 0.717) is 33.8 Å². The molecule has 0 fully saturated rings. The maximum Gasteiger partial charge on any atom is 0.327 e. The van der Waals surface area contributed by atoms with E-state index in [-0.39, 0.29) is 6.42 Å². The molecule has 6 nitrogen and oxygen atoms in total. The first-order valence-corrected chi connectivity index (χ1v) is 7.04. The van der Waals surface area contributed by atoms with Gasteiger partial charge in [-0.1, -0.05) is 6.08 Å². The molecule has 1 rings (SSSR count). The van der Waals surface area contributed by atoms with E-state index in [0.717, 1.165) is 6.08 Å². The summed E-state index contributed by atoms with van der Waals surface area (Å²) in [7, 11) is 0. The van der Waals surface area contributed by atoms with Crippen molar-refractivity contribution >= 4 is 17.9 Å². The fourth-order valence-electron chi connectivity index (χ4n) is 2.26. The van der Waals surface area contributed by atoms with Gasteiger partial charge in [0.05, 0.1) is 0 Å². The molecule has 0 aliphatic carbocycles. The highest BCUT2D eigenvalue weighted by Gasteiger charge is 2.21. The summed E-state index contributed by atoms with van der Waals surface area (Å²) in [4.78, 5) is 33.3. The highest BCUT2D eigenvalue weighted by molar-refractivity contribution is 5.80. The van der Waals surface area contributed by atoms with Gasteiger partial charge in [-0.25, -0.2) is 4.79 Å². The number of carboxylic acids is 1. The van der Waals surface area contributed by atoms with Crippen molar-refractivity contribution in [2.75, 3.05) is 0 Å². The number of carbonyl (C=O) groups is 3. The van der Waals surface area contributed by atoms with E-state index in [9.17, 15) is 14.4 Å². The fourth-order valence-corrected chi connectivity index (χ4v) is 2.26. The highest BCUT2D eigenvalue weighted by Crippen LogP contribution is 2.38. The number of hydrogen-bond donors (Lipinski definition) is 1. The van der Waals surface area contributed by atoms with Gasteiger partial charge in [0.25, 0.3) is 0 Å². The van der Waals surface area contributed by atoms with Gasteiger partial charge < -0.3 is 14.6 Å². The number of benzene rings is 1. The molecule has 0 heterocycles. The molecule has 0 unspecified atom stereocenters. The molecule has 124 valence electrons. The molecule has 0 radical (unpaired) electrons. The Balaban J connectivity index is 3.51. The molecule has 0 amide bonds. The third-order valence-electron chi connectivity index (χ3n) is 3.39. The lowest BCUT2D eigenvalue weighted by atomic mass is 9.95. The third kappa shape index (κ3) is 4.67. The van der Waals surface area contributed by atoms with Gasteiger partial charge in [0.15, 0.2) is 0 Å². The summed E-state index contributed by atoms with van der Waals surface area (Å²) in [6.07, 6.45) is 2.69. The first kappa shape index (κ1) is 18.4. The van der Waals surface area contributed by atoms with Crippen LogP contribution in [0.1, 0.15) is 36.1 Å². The largest absolute Gasteiger partial charge is 0.478 e. The molecule has 0 spiro atoms. The van der Waals surface area contributed by atoms with E-state index >= 15 is 0 Å². The summed E-state index contributed by atoms with van der Waals surface area (Å²) in [5.41, 5.74) is 2.60. The number of hydrogen-bond acceptors (Lipinski definition) is 5. The molecule has 0 saturated carbocycles. The van der Waals surface area contributed by atoms with Crippen LogP contribution in [-0.4, -0.2) is 23.0 Å². The normalized spacial score (nSPS) is 10.7. The predicted molar refractivity (Wildman–Crippen MR) is 83.8 cm³/mol. The van der Waals surface area contributed by atoms with Gasteiger partial charge in [-0.15, -0.1) is 0 Å². The SMILES string of the molecule is CC(=O)Oc1c(C)c(C)c(OC(C)=O)c(C/C=C/C(=O)O)c1C. The van der Waals surface area contributed by atoms with Crippen molar-refractivity contribution in [1.82, 2.24) is 0 Å². The van der Waals surface area contributed by atoms with Crippen molar-refractivity contribution in [2.45, 2.75) is 41.0 Å². The second kappa shape index (κ2) is 7.58. The van der Waals surface area contributed by atoms with E-state index in [4.69, 9.17) is 14.6 Å². The maximum absolute atomic E-state index is 11.4. The lowest BCUT2D eigenvalue weighted by Gasteiger charge is -2.20. The van der Waals surface area contributed by atoms with Crippen LogP contribution in [-0.2, 0) is 20.8 Å². The van der Waals surface area contributed by atoms with Crippen molar-refractivity contribution in [3.05, 3.63) is 34.4 Å². The Labute approximate surface area is 134 Å². The van der Waals surface area contributed by atoms with Crippen LogP contribution >= 0.6 is 0 Å². The molecular weight excluding hydrogens is 300 g/mol. The Morgan fingerprint density at radius 3 is 1.87 bits per heavy atom. The van der Waals surface area contributed by atoms with Crippen LogP contribution in [0.3, 0.4) is 0 Å². The quantitative estimate of drug-likeness (QED) is 0.509. The van der Waals surface area contributed by atoms with Gasteiger partial charge in [-0.05, 0) is 43.9 Å². The first-order chi connectivity index (χ1) is 10.6. The molecule has 0 aliphatic heterocycles. The Hall–Kier alpha value is -2.63. The van der Waals surface area contributed by atoms with Crippen molar-refractivity contribution in [1.29, 1.82) is 0 Å². The summed E-state index contributed by atoms with van der Waals surface area (Å²) in [5.74, 6) is -1.22. The van der Waals surface area contributed by atoms with Gasteiger partial charge in [0.2, 0.25) is 0 Å². The van der Waals surface area contributed by atoms with Crippen molar-refractivity contribution in [2.24, 2.45) is 0 Å². The monoisotopic (exact) mass is 320 g/mol. The van der Waals surface area contributed by atoms with E-state index in [1.54, 1.807) is 20.8 Å². The average molecular weight is 320 g/mol. The molecule has 1 N–H and O–H groups in total. The third-order valence-corrected chi connectivity index (χ3v) is 3.39. The second-order valence-corrected chi connectivity index (χ2v) is 5.14. The Kier molecular flexibility index (Phi) is 6.07. The molecule has 1 aromatic carbocycles. The molecule has 6 heteroatoms. The molecule has 0 aliphatic rings. The van der Waals surface area contributed by atoms with Crippen LogP contribution in [0.15, 0.2) is 12.2 Å². The zero-order valence-corrected chi connectivity index (χ0v) is 13.9. The van der Waals surface area contributed by atoms with E-state index in [1.807, 2.05) is 0 Å². The van der Waals surface area contributed by atoms with E-state index < -0.39 is 17.9 Å². The summed E-state index contributed by atoms with van der Waals surface area (Å²) in [6, 6.07) is 0. The van der Waals surface area contributed by atoms with Gasteiger partial charge in [0, 0.05) is 25.5 Å². The number of carboxylic acid groups (broad SMARTS) is 1. The Bertz CT molecular complexity index is 685. The van der Waals surface area contributed by atoms with Crippen LogP contribution in [0.25, 0.3) is 0 Å². The number of ether oxygens (including phenoxy) is 2. The molecular formula is C17H20O6. The number of allylic oxidation sites excluding steroid dienone is 1. The number of esters is 2. The Morgan fingerprint density at radius 2 is 1.39 bits per heavy atom. The molecule has 0 aromatic heterocycles. The van der Waals surface area contributed by atoms with Gasteiger partial charge >= 0.3 is 17.9 Å². The van der Waals surface area contributed by atoms with Crippen LogP contribution in [0.4, 0.5) is 0 Å². The molecule has 1 aromatic rings. The summed E-state index contributed by atoms with van der Waals surface area (Å²) >= 11 is 0. The van der Waals surface area contributed by atoms with Crippen LogP contribution in [0.2, 0.25) is 0 Å². The molecule has 0 bridgehead atoms. The number of carbonyl (C=O) groups excluding carboxylic acids is 2. The minimum Gasteiger partial charge on any atom is -0.478 e. The van der Waals surface area contributed by atoms with Crippen LogP contribution in [0.5, 0.6) is 11.5 Å². The second-order valence-electron chi connectivity index (χ2n) is 5.14. The minimum atomic E-state index is -1.07. The standard InChI is InChI=1S/C17H20O6/c1-9-10(2)17(23-13(5)19)14(7-6-8-15(20)21)11(3)16(9)22-12(4)18/h6,8H,7H2,1-5H3,(H,20,21)/b8-6+. The molecule has 23 heavy (non-hydrogen) atoms. The molecule has 0 atom stereocenters. The highest BCUT2D eigenvalue weighted by atomic mass is 16.5. The van der Waals surface area contributed by atoms with Gasteiger partial charge in [-0.3, -0.25) is 9.59 Å². The van der Waals surface area contributed by atoms with Crippen molar-refractivity contribution < 1.29 is 29.0 Å². The fraction of sp³-hybridized carbons (Fsp3) is 0.353. The smallest absolute Gasteiger partial charge is 0.327 e. The summed E-state index contributed by atoms with van der Waals surface area (Å²) in [6.45, 7) is 7.86. The summed E-state index contributed by atoms with van der Waals surface area (Å²) < 4.78 is 10.6. The zero-order chi connectivity index (χ0) is 17.7. The first-order valence-electron chi connectivity index (χ1n) is 7.04. The Morgan fingerprint density at radius 1 is 0.913 bits per heavy atom. The van der Waals surface area contributed by atoms with E-state index in [2.05, 4.69) is 0 Å². The summed E-state index contributed by atoms with van der Waals surface area (Å²) in [5, 5.41) is 8.71. The van der Waals surface area contributed by atoms with Crippen LogP contribution in [0, 0.1) is 20.8 Å². The van der Waals surface area contributed by atoms with E-state index in [1.165, 1.54) is 19.9 Å². The zero-order valence-electron chi connectivity index (χ0n) is 13.9. The van der Waals surface area contributed by atoms with Crippen molar-refractivity contribution in [3.8, 4) is 11.5 Å². The molecule has 0 saturated heterocycles. The minimum absolute atomic E-state index is 0.232. The van der Waals surface area contributed by atoms with Gasteiger partial charge in [-0.2, -0.15) is 0 Å². The van der Waals surface area contributed by atoms with Crippen LogP contribution < -0.4 is 9.47 Å². The predicted octanol–water partition coefficient (Wildman–Crippen LogP) is 2.65. The topological polar surface area (TPSA) is 89.9 Å².